The van der Waals surface area contributed by atoms with Gasteiger partial charge in [-0.05, 0) is 119 Å². The zero-order valence-corrected chi connectivity index (χ0v) is 49.6. The van der Waals surface area contributed by atoms with E-state index in [2.05, 4.69) is 96.0 Å². The number of methoxy groups -OCH3 is 2. The number of unbranched alkanes of at least 4 members (excludes halogenated alkanes) is 4. The van der Waals surface area contributed by atoms with Crippen LogP contribution in [0.3, 0.4) is 0 Å². The molecular formula is C65H79N11O7. The minimum Gasteiger partial charge on any atom is -0.511 e. The SMILES string of the molecule is CCCCCCOC(C)C1=C(C)C2=NC1=CC1=NC(=CC3=C(C)C4=C(O)CC(=C5NC(=C2)[C@@H](C)[C@@H]5CCC(=O)NCCCCn2cc(-c5cccc(Nc6ncnc7cc(OCCOC)c(OCCOC)cc67)c5)nn2)C4=N3)C(CC)=C1C. The number of rotatable bonds is 27. The number of amides is 1. The van der Waals surface area contributed by atoms with Gasteiger partial charge in [0.25, 0.3) is 0 Å². The van der Waals surface area contributed by atoms with Gasteiger partial charge in [-0.1, -0.05) is 57.4 Å². The molecule has 4 aromatic rings. The molecule has 2 aromatic heterocycles. The van der Waals surface area contributed by atoms with Crippen LogP contribution in [-0.2, 0) is 25.5 Å². The fraction of sp³-hybridized carbons (Fsp3) is 0.446. The summed E-state index contributed by atoms with van der Waals surface area (Å²) >= 11 is 0. The first kappa shape index (κ1) is 58.4. The molecular weight excluding hydrogens is 1050 g/mol. The Labute approximate surface area is 487 Å². The van der Waals surface area contributed by atoms with E-state index < -0.39 is 0 Å². The predicted molar refractivity (Wildman–Crippen MR) is 326 cm³/mol. The number of anilines is 2. The standard InChI is InChI=1S/C65H79N11O7/c1-10-12-13-16-24-81-42(7)61-40(5)51-32-50-39(4)46(63(72-50)48-30-57(77)62-41(6)52(73-64(48)62)33-54-45(11-2)38(3)49(70-54)34-55(61)71-51)20-21-60(78)66-22-14-15-23-76-36-56(74-75-76)43-18-17-19-44(29-43)69-65-47-31-58(82-27-25-79-8)59(83-28-26-80-9)35-53(47)67-37-68-65/h17-19,29,31-37,39,42,46,72,77H,10-16,20-28,30H2,1-9H3,(H,66,78)(H,67,68,69)/t39-,42?,46-/m0/s1. The number of aliphatic hydroxyl groups is 1. The highest BCUT2D eigenvalue weighted by Crippen LogP contribution is 2.47. The molecule has 1 fully saturated rings. The van der Waals surface area contributed by atoms with E-state index in [4.69, 9.17) is 38.7 Å². The zero-order chi connectivity index (χ0) is 58.1. The van der Waals surface area contributed by atoms with Crippen LogP contribution in [0, 0.1) is 11.8 Å². The van der Waals surface area contributed by atoms with E-state index in [0.29, 0.717) is 94.0 Å². The van der Waals surface area contributed by atoms with Crippen LogP contribution >= 0.6 is 0 Å². The van der Waals surface area contributed by atoms with Crippen LogP contribution < -0.4 is 25.4 Å². The molecule has 4 N–H and O–H groups in total. The number of hydrogen-bond acceptors (Lipinski definition) is 16. The van der Waals surface area contributed by atoms with Crippen LogP contribution in [0.2, 0.25) is 0 Å². The molecule has 0 radical (unpaired) electrons. The average Bonchev–Trinajstić information content (AvgIpc) is 2.76. The van der Waals surface area contributed by atoms with Gasteiger partial charge in [0.1, 0.15) is 36.8 Å². The van der Waals surface area contributed by atoms with Gasteiger partial charge in [0.05, 0.1) is 65.3 Å². The molecule has 10 rings (SSSR count). The highest BCUT2D eigenvalue weighted by Gasteiger charge is 2.41. The van der Waals surface area contributed by atoms with Crippen molar-refractivity contribution < 1.29 is 33.6 Å². The number of benzene rings is 2. The third kappa shape index (κ3) is 12.9. The third-order valence-electron chi connectivity index (χ3n) is 16.4. The van der Waals surface area contributed by atoms with Crippen LogP contribution in [0.25, 0.3) is 22.2 Å². The molecule has 0 spiro atoms. The van der Waals surface area contributed by atoms with E-state index in [1.165, 1.54) is 24.7 Å². The summed E-state index contributed by atoms with van der Waals surface area (Å²) in [6.07, 6.45) is 17.9. The first-order chi connectivity index (χ1) is 40.4. The Hall–Kier alpha value is -7.80. The summed E-state index contributed by atoms with van der Waals surface area (Å²) < 4.78 is 30.8. The molecule has 436 valence electrons. The molecule has 18 nitrogen and oxygen atoms in total. The number of nitrogens with zero attached hydrogens (tertiary/aromatic N) is 8. The Morgan fingerprint density at radius 2 is 1.64 bits per heavy atom. The second-order valence-electron chi connectivity index (χ2n) is 22.0. The summed E-state index contributed by atoms with van der Waals surface area (Å²) in [5, 5.41) is 31.9. The number of nitrogens with one attached hydrogen (secondary N) is 3. The van der Waals surface area contributed by atoms with E-state index in [1.807, 2.05) is 54.2 Å². The molecule has 5 aliphatic heterocycles. The quantitative estimate of drug-likeness (QED) is 0.0410. The molecule has 3 atom stereocenters. The average molecular weight is 1130 g/mol. The highest BCUT2D eigenvalue weighted by atomic mass is 16.5. The number of allylic oxidation sites excluding steroid dienone is 11. The van der Waals surface area contributed by atoms with Gasteiger partial charge in [0.2, 0.25) is 5.91 Å². The monoisotopic (exact) mass is 1130 g/mol. The number of fused-ring (bicyclic) bond motifs is 6. The second-order valence-corrected chi connectivity index (χ2v) is 22.0. The molecule has 1 amide bonds. The highest BCUT2D eigenvalue weighted by molar-refractivity contribution is 6.21. The maximum Gasteiger partial charge on any atom is 0.220 e. The largest absolute Gasteiger partial charge is 0.511 e. The van der Waals surface area contributed by atoms with Crippen LogP contribution in [0.4, 0.5) is 11.5 Å². The predicted octanol–water partition coefficient (Wildman–Crippen LogP) is 12.0. The van der Waals surface area contributed by atoms with Gasteiger partial charge >= 0.3 is 0 Å². The molecule has 83 heavy (non-hydrogen) atoms. The number of aryl methyl sites for hydroxylation is 1. The van der Waals surface area contributed by atoms with Gasteiger partial charge in [-0.25, -0.2) is 24.9 Å². The molecule has 2 aromatic carbocycles. The summed E-state index contributed by atoms with van der Waals surface area (Å²) in [6, 6.07) is 11.7. The molecule has 0 saturated carbocycles. The Morgan fingerprint density at radius 1 is 0.855 bits per heavy atom. The summed E-state index contributed by atoms with van der Waals surface area (Å²) in [7, 11) is 3.26. The van der Waals surface area contributed by atoms with E-state index in [1.54, 1.807) is 14.2 Å². The van der Waals surface area contributed by atoms with Crippen LogP contribution in [-0.4, -0.2) is 113 Å². The van der Waals surface area contributed by atoms with E-state index in [9.17, 15) is 9.90 Å². The Morgan fingerprint density at radius 3 is 2.42 bits per heavy atom. The Bertz CT molecular complexity index is 3510. The number of aliphatic imine (C=N–C) groups is 3. The van der Waals surface area contributed by atoms with Crippen LogP contribution in [0.5, 0.6) is 11.5 Å². The van der Waals surface area contributed by atoms with Gasteiger partial charge in [-0.2, -0.15) is 0 Å². The van der Waals surface area contributed by atoms with E-state index in [0.717, 1.165) is 133 Å². The number of carbonyl (C=O) groups is 1. The maximum absolute atomic E-state index is 13.7. The van der Waals surface area contributed by atoms with E-state index in [-0.39, 0.29) is 23.8 Å². The fourth-order valence-electron chi connectivity index (χ4n) is 11.8. The van der Waals surface area contributed by atoms with Gasteiger partial charge in [-0.3, -0.25) is 9.48 Å². The third-order valence-corrected chi connectivity index (χ3v) is 16.4. The topological polar surface area (TPSA) is 213 Å². The first-order valence-electron chi connectivity index (χ1n) is 29.5. The van der Waals surface area contributed by atoms with Gasteiger partial charge in [-0.15, -0.1) is 5.10 Å². The summed E-state index contributed by atoms with van der Waals surface area (Å²) in [5.41, 5.74) is 17.4. The minimum atomic E-state index is -0.168. The molecule has 8 bridgehead atoms. The maximum atomic E-state index is 13.7. The Kier molecular flexibility index (Phi) is 18.7. The lowest BCUT2D eigenvalue weighted by Gasteiger charge is -2.18. The lowest BCUT2D eigenvalue weighted by molar-refractivity contribution is -0.121. The minimum absolute atomic E-state index is 0.00238. The van der Waals surface area contributed by atoms with Crippen molar-refractivity contribution in [3.63, 3.8) is 0 Å². The van der Waals surface area contributed by atoms with Gasteiger partial charge in [0, 0.05) is 109 Å². The summed E-state index contributed by atoms with van der Waals surface area (Å²) in [5.74, 6) is 2.03. The molecule has 7 heterocycles. The molecule has 1 unspecified atom stereocenters. The van der Waals surface area contributed by atoms with Gasteiger partial charge < -0.3 is 44.7 Å². The number of aromatic nitrogens is 5. The molecule has 1 saturated heterocycles. The van der Waals surface area contributed by atoms with Gasteiger partial charge in [0.15, 0.2) is 11.5 Å². The normalized spacial score (nSPS) is 18.7. The smallest absolute Gasteiger partial charge is 0.220 e. The first-order valence-corrected chi connectivity index (χ1v) is 29.5. The van der Waals surface area contributed by atoms with Crippen molar-refractivity contribution in [2.75, 3.05) is 59.1 Å². The van der Waals surface area contributed by atoms with Crippen molar-refractivity contribution in [1.29, 1.82) is 0 Å². The van der Waals surface area contributed by atoms with Crippen molar-refractivity contribution in [3.8, 4) is 22.8 Å². The van der Waals surface area contributed by atoms with Crippen LogP contribution in [0.1, 0.15) is 113 Å². The molecule has 18 heteroatoms. The van der Waals surface area contributed by atoms with Crippen molar-refractivity contribution >= 4 is 45.5 Å². The summed E-state index contributed by atoms with van der Waals surface area (Å²) in [4.78, 5) is 38.6. The lowest BCUT2D eigenvalue weighted by Crippen LogP contribution is -2.25. The van der Waals surface area contributed by atoms with Crippen molar-refractivity contribution in [2.24, 2.45) is 26.8 Å². The summed E-state index contributed by atoms with van der Waals surface area (Å²) in [6.45, 7) is 18.5. The van der Waals surface area contributed by atoms with Crippen molar-refractivity contribution in [2.45, 2.75) is 125 Å². The second kappa shape index (κ2) is 26.6. The van der Waals surface area contributed by atoms with Crippen molar-refractivity contribution in [1.82, 2.24) is 35.6 Å². The number of ether oxygens (including phenoxy) is 5. The number of hydrogen-bond donors (Lipinski definition) is 4. The number of carbonyl (C=O) groups excluding carboxylic acids is 1. The zero-order valence-electron chi connectivity index (χ0n) is 49.6. The Balaban J connectivity index is 0.794. The van der Waals surface area contributed by atoms with E-state index >= 15 is 0 Å². The molecule has 6 aliphatic rings. The number of aliphatic hydroxyl groups excluding tert-OH is 1. The van der Waals surface area contributed by atoms with Crippen molar-refractivity contribution in [3.05, 3.63) is 140 Å². The fourth-order valence-corrected chi connectivity index (χ4v) is 11.8. The molecule has 1 aliphatic carbocycles. The lowest BCUT2D eigenvalue weighted by atomic mass is 9.86. The van der Waals surface area contributed by atoms with Crippen LogP contribution in [0.15, 0.2) is 155 Å².